The highest BCUT2D eigenvalue weighted by Gasteiger charge is 2.24. The topological polar surface area (TPSA) is 62.8 Å². The average molecular weight is 390 g/mol. The molecule has 1 atom stereocenters. The molecule has 3 rings (SSSR count). The van der Waals surface area contributed by atoms with E-state index >= 15 is 0 Å². The second-order valence-electron chi connectivity index (χ2n) is 6.57. The highest BCUT2D eigenvalue weighted by Crippen LogP contribution is 2.28. The molecule has 2 N–H and O–H groups in total. The minimum atomic E-state index is -0.163. The van der Waals surface area contributed by atoms with Crippen LogP contribution in [0, 0.1) is 0 Å². The molecule has 2 amide bonds. The van der Waals surface area contributed by atoms with E-state index in [4.69, 9.17) is 9.47 Å². The second-order valence-corrected chi connectivity index (χ2v) is 7.35. The van der Waals surface area contributed by atoms with Crippen molar-refractivity contribution in [1.29, 1.82) is 0 Å². The zero-order valence-electron chi connectivity index (χ0n) is 15.9. The van der Waals surface area contributed by atoms with E-state index in [1.165, 1.54) is 18.4 Å². The molecule has 1 aromatic carbocycles. The van der Waals surface area contributed by atoms with Crippen molar-refractivity contribution in [3.63, 3.8) is 0 Å². The molecule has 0 bridgehead atoms. The van der Waals surface area contributed by atoms with Gasteiger partial charge in [0.25, 0.3) is 0 Å². The number of ether oxygens (including phenoxy) is 2. The fourth-order valence-electron chi connectivity index (χ4n) is 3.40. The summed E-state index contributed by atoms with van der Waals surface area (Å²) in [4.78, 5) is 14.7. The summed E-state index contributed by atoms with van der Waals surface area (Å²) >= 11 is 1.70. The highest BCUT2D eigenvalue weighted by molar-refractivity contribution is 7.07. The maximum absolute atomic E-state index is 12.3. The van der Waals surface area contributed by atoms with Crippen LogP contribution in [0.1, 0.15) is 30.0 Å². The predicted molar refractivity (Wildman–Crippen MR) is 108 cm³/mol. The monoisotopic (exact) mass is 389 g/mol. The van der Waals surface area contributed by atoms with Gasteiger partial charge in [0.15, 0.2) is 11.5 Å². The van der Waals surface area contributed by atoms with Crippen molar-refractivity contribution >= 4 is 17.4 Å². The van der Waals surface area contributed by atoms with Gasteiger partial charge in [-0.1, -0.05) is 6.07 Å². The van der Waals surface area contributed by atoms with Crippen LogP contribution in [0.4, 0.5) is 4.79 Å². The van der Waals surface area contributed by atoms with Gasteiger partial charge in [-0.15, -0.1) is 0 Å². The van der Waals surface area contributed by atoms with Crippen molar-refractivity contribution in [2.45, 2.75) is 25.4 Å². The number of rotatable bonds is 8. The van der Waals surface area contributed by atoms with Gasteiger partial charge in [-0.05, 0) is 66.0 Å². The summed E-state index contributed by atoms with van der Waals surface area (Å²) in [6.07, 6.45) is 2.46. The van der Waals surface area contributed by atoms with Gasteiger partial charge in [-0.2, -0.15) is 11.3 Å². The SMILES string of the molecule is COc1ccc(CNC(=O)NCC(c2ccsc2)N2CCCC2)cc1OC. The van der Waals surface area contributed by atoms with Crippen LogP contribution < -0.4 is 20.1 Å². The molecule has 146 valence electrons. The lowest BCUT2D eigenvalue weighted by molar-refractivity contribution is 0.221. The van der Waals surface area contributed by atoms with Crippen LogP contribution in [0.15, 0.2) is 35.0 Å². The molecule has 1 aromatic heterocycles. The molecular weight excluding hydrogens is 362 g/mol. The summed E-state index contributed by atoms with van der Waals surface area (Å²) < 4.78 is 10.5. The molecule has 1 fully saturated rings. The second kappa shape index (κ2) is 9.62. The zero-order chi connectivity index (χ0) is 19.1. The third-order valence-electron chi connectivity index (χ3n) is 4.87. The van der Waals surface area contributed by atoms with E-state index < -0.39 is 0 Å². The van der Waals surface area contributed by atoms with Crippen molar-refractivity contribution < 1.29 is 14.3 Å². The fraction of sp³-hybridized carbons (Fsp3) is 0.450. The van der Waals surface area contributed by atoms with Gasteiger partial charge in [0.2, 0.25) is 0 Å². The van der Waals surface area contributed by atoms with E-state index in [2.05, 4.69) is 32.4 Å². The lowest BCUT2D eigenvalue weighted by Crippen LogP contribution is -2.41. The van der Waals surface area contributed by atoms with Gasteiger partial charge in [-0.3, -0.25) is 4.90 Å². The Morgan fingerprint density at radius 3 is 2.59 bits per heavy atom. The molecule has 1 aliphatic heterocycles. The molecule has 0 saturated carbocycles. The molecule has 0 aliphatic carbocycles. The van der Waals surface area contributed by atoms with Crippen LogP contribution in [-0.4, -0.2) is 44.8 Å². The minimum Gasteiger partial charge on any atom is -0.493 e. The van der Waals surface area contributed by atoms with Gasteiger partial charge < -0.3 is 20.1 Å². The average Bonchev–Trinajstić information content (AvgIpc) is 3.41. The number of hydrogen-bond donors (Lipinski definition) is 2. The Hall–Kier alpha value is -2.25. The third kappa shape index (κ3) is 5.14. The lowest BCUT2D eigenvalue weighted by atomic mass is 10.1. The number of nitrogens with zero attached hydrogens (tertiary/aromatic N) is 1. The first kappa shape index (κ1) is 19.5. The van der Waals surface area contributed by atoms with Crippen molar-refractivity contribution in [3.05, 3.63) is 46.2 Å². The fourth-order valence-corrected chi connectivity index (χ4v) is 4.11. The van der Waals surface area contributed by atoms with E-state index in [1.54, 1.807) is 25.6 Å². The van der Waals surface area contributed by atoms with Crippen LogP contribution in [0.5, 0.6) is 11.5 Å². The Morgan fingerprint density at radius 1 is 1.15 bits per heavy atom. The smallest absolute Gasteiger partial charge is 0.315 e. The van der Waals surface area contributed by atoms with E-state index in [1.807, 2.05) is 18.2 Å². The number of likely N-dealkylation sites (tertiary alicyclic amines) is 1. The number of thiophene rings is 1. The van der Waals surface area contributed by atoms with E-state index in [0.29, 0.717) is 24.6 Å². The number of carbonyl (C=O) groups excluding carboxylic acids is 1. The normalized spacial score (nSPS) is 15.3. The molecule has 7 heteroatoms. The van der Waals surface area contributed by atoms with Crippen LogP contribution in [0.2, 0.25) is 0 Å². The number of nitrogens with one attached hydrogen (secondary N) is 2. The molecule has 1 saturated heterocycles. The molecule has 2 aromatic rings. The molecule has 0 radical (unpaired) electrons. The molecule has 27 heavy (non-hydrogen) atoms. The number of carbonyl (C=O) groups is 1. The summed E-state index contributed by atoms with van der Waals surface area (Å²) in [6, 6.07) is 7.86. The van der Waals surface area contributed by atoms with Gasteiger partial charge in [0.1, 0.15) is 0 Å². The van der Waals surface area contributed by atoms with Gasteiger partial charge in [0.05, 0.1) is 20.3 Å². The maximum atomic E-state index is 12.3. The Morgan fingerprint density at radius 2 is 1.93 bits per heavy atom. The van der Waals surface area contributed by atoms with E-state index in [0.717, 1.165) is 18.7 Å². The summed E-state index contributed by atoms with van der Waals surface area (Å²) in [7, 11) is 3.21. The molecule has 2 heterocycles. The van der Waals surface area contributed by atoms with Gasteiger partial charge in [-0.25, -0.2) is 4.79 Å². The molecular formula is C20H27N3O3S. The summed E-state index contributed by atoms with van der Waals surface area (Å²) in [5, 5.41) is 10.2. The van der Waals surface area contributed by atoms with Crippen molar-refractivity contribution in [2.24, 2.45) is 0 Å². The Balaban J connectivity index is 1.52. The summed E-state index contributed by atoms with van der Waals surface area (Å²) in [6.45, 7) is 3.22. The molecule has 0 spiro atoms. The Bertz CT molecular complexity index is 730. The number of benzene rings is 1. The number of amides is 2. The van der Waals surface area contributed by atoms with Gasteiger partial charge in [0, 0.05) is 13.1 Å². The standard InChI is InChI=1S/C20H27N3O3S/c1-25-18-6-5-15(11-19(18)26-2)12-21-20(24)22-13-17(16-7-10-27-14-16)23-8-3-4-9-23/h5-7,10-11,14,17H,3-4,8-9,12-13H2,1-2H3,(H2,21,22,24). The largest absolute Gasteiger partial charge is 0.493 e. The Kier molecular flexibility index (Phi) is 6.95. The van der Waals surface area contributed by atoms with Crippen LogP contribution in [0.25, 0.3) is 0 Å². The first-order chi connectivity index (χ1) is 13.2. The van der Waals surface area contributed by atoms with Crippen molar-refractivity contribution in [1.82, 2.24) is 15.5 Å². The lowest BCUT2D eigenvalue weighted by Gasteiger charge is -2.27. The Labute approximate surface area is 164 Å². The first-order valence-corrected chi connectivity index (χ1v) is 10.1. The number of urea groups is 1. The van der Waals surface area contributed by atoms with Gasteiger partial charge >= 0.3 is 6.03 Å². The quantitative estimate of drug-likeness (QED) is 0.726. The van der Waals surface area contributed by atoms with Crippen LogP contribution >= 0.6 is 11.3 Å². The third-order valence-corrected chi connectivity index (χ3v) is 5.57. The first-order valence-electron chi connectivity index (χ1n) is 9.20. The van der Waals surface area contributed by atoms with Crippen LogP contribution in [-0.2, 0) is 6.54 Å². The van der Waals surface area contributed by atoms with Crippen molar-refractivity contribution in [3.8, 4) is 11.5 Å². The summed E-state index contributed by atoms with van der Waals surface area (Å²) in [5.41, 5.74) is 2.24. The molecule has 1 unspecified atom stereocenters. The zero-order valence-corrected chi connectivity index (χ0v) is 16.7. The van der Waals surface area contributed by atoms with Crippen LogP contribution in [0.3, 0.4) is 0 Å². The minimum absolute atomic E-state index is 0.163. The highest BCUT2D eigenvalue weighted by atomic mass is 32.1. The van der Waals surface area contributed by atoms with E-state index in [-0.39, 0.29) is 12.1 Å². The molecule has 1 aliphatic rings. The number of hydrogen-bond acceptors (Lipinski definition) is 5. The van der Waals surface area contributed by atoms with E-state index in [9.17, 15) is 4.79 Å². The number of methoxy groups -OCH3 is 2. The maximum Gasteiger partial charge on any atom is 0.315 e. The molecule has 6 nitrogen and oxygen atoms in total. The van der Waals surface area contributed by atoms with Crippen molar-refractivity contribution in [2.75, 3.05) is 33.9 Å². The predicted octanol–water partition coefficient (Wildman–Crippen LogP) is 3.40. The summed E-state index contributed by atoms with van der Waals surface area (Å²) in [5.74, 6) is 1.33.